The Kier molecular flexibility index (Phi) is 3.70. The van der Waals surface area contributed by atoms with E-state index in [9.17, 15) is 14.4 Å². The van der Waals surface area contributed by atoms with Gasteiger partial charge >= 0.3 is 6.03 Å². The lowest BCUT2D eigenvalue weighted by Gasteiger charge is -2.26. The van der Waals surface area contributed by atoms with Crippen molar-refractivity contribution in [2.24, 2.45) is 0 Å². The standard InChI is InChI=1S/C18H16N2O3/c1-10-15(11(2)21)16(20-18(23)19-10)17(22)14-8-7-12-5-3-4-6-13(12)9-14/h3-9,16H,1-2H3,(H2,19,20,23). The lowest BCUT2D eigenvalue weighted by Crippen LogP contribution is -2.52. The topological polar surface area (TPSA) is 75.3 Å². The van der Waals surface area contributed by atoms with Gasteiger partial charge in [-0.1, -0.05) is 36.4 Å². The summed E-state index contributed by atoms with van der Waals surface area (Å²) in [6, 6.07) is 11.6. The minimum absolute atomic E-state index is 0.242. The summed E-state index contributed by atoms with van der Waals surface area (Å²) in [7, 11) is 0. The van der Waals surface area contributed by atoms with Gasteiger partial charge < -0.3 is 10.6 Å². The fraction of sp³-hybridized carbons (Fsp3) is 0.167. The third-order valence-corrected chi connectivity index (χ3v) is 3.94. The highest BCUT2D eigenvalue weighted by Gasteiger charge is 2.33. The molecule has 0 aromatic heterocycles. The quantitative estimate of drug-likeness (QED) is 0.856. The average molecular weight is 308 g/mol. The van der Waals surface area contributed by atoms with Crippen molar-refractivity contribution in [3.63, 3.8) is 0 Å². The number of fused-ring (bicyclic) bond motifs is 1. The minimum Gasteiger partial charge on any atom is -0.323 e. The first-order valence-electron chi connectivity index (χ1n) is 7.29. The smallest absolute Gasteiger partial charge is 0.319 e. The zero-order valence-corrected chi connectivity index (χ0v) is 12.8. The fourth-order valence-electron chi connectivity index (χ4n) is 2.87. The summed E-state index contributed by atoms with van der Waals surface area (Å²) >= 11 is 0. The van der Waals surface area contributed by atoms with Gasteiger partial charge in [-0.05, 0) is 30.7 Å². The first-order valence-corrected chi connectivity index (χ1v) is 7.29. The molecule has 0 aliphatic carbocycles. The predicted octanol–water partition coefficient (Wildman–Crippen LogP) is 2.57. The van der Waals surface area contributed by atoms with Crippen molar-refractivity contribution in [1.29, 1.82) is 0 Å². The van der Waals surface area contributed by atoms with Crippen LogP contribution in [0.1, 0.15) is 24.2 Å². The van der Waals surface area contributed by atoms with Gasteiger partial charge in [-0.15, -0.1) is 0 Å². The lowest BCUT2D eigenvalue weighted by atomic mass is 9.91. The summed E-state index contributed by atoms with van der Waals surface area (Å²) < 4.78 is 0. The number of amides is 2. The first kappa shape index (κ1) is 15.0. The van der Waals surface area contributed by atoms with E-state index in [1.165, 1.54) is 6.92 Å². The van der Waals surface area contributed by atoms with Crippen LogP contribution in [0, 0.1) is 0 Å². The van der Waals surface area contributed by atoms with Crippen molar-refractivity contribution in [2.75, 3.05) is 0 Å². The zero-order valence-electron chi connectivity index (χ0n) is 12.8. The molecule has 1 heterocycles. The van der Waals surface area contributed by atoms with Crippen molar-refractivity contribution >= 4 is 28.4 Å². The SMILES string of the molecule is CC(=O)C1=C(C)NC(=O)NC1C(=O)c1ccc2ccccc2c1. The molecule has 0 radical (unpaired) electrons. The average Bonchev–Trinajstić information content (AvgIpc) is 2.52. The van der Waals surface area contributed by atoms with Gasteiger partial charge in [-0.3, -0.25) is 9.59 Å². The highest BCUT2D eigenvalue weighted by molar-refractivity contribution is 6.13. The van der Waals surface area contributed by atoms with Crippen LogP contribution in [0.2, 0.25) is 0 Å². The second kappa shape index (κ2) is 5.68. The number of Topliss-reactive ketones (excluding diaryl/α,β-unsaturated/α-hetero) is 2. The van der Waals surface area contributed by atoms with Gasteiger partial charge in [0.1, 0.15) is 6.04 Å². The Bertz CT molecular complexity index is 867. The number of benzene rings is 2. The predicted molar refractivity (Wildman–Crippen MR) is 87.1 cm³/mol. The minimum atomic E-state index is -0.956. The van der Waals surface area contributed by atoms with Crippen LogP contribution < -0.4 is 10.6 Å². The van der Waals surface area contributed by atoms with E-state index in [0.717, 1.165) is 10.8 Å². The zero-order chi connectivity index (χ0) is 16.6. The monoisotopic (exact) mass is 308 g/mol. The number of rotatable bonds is 3. The fourth-order valence-corrected chi connectivity index (χ4v) is 2.87. The normalized spacial score (nSPS) is 17.7. The van der Waals surface area contributed by atoms with Crippen LogP contribution >= 0.6 is 0 Å². The summed E-state index contributed by atoms with van der Waals surface area (Å²) in [5, 5.41) is 7.04. The molecule has 0 bridgehead atoms. The molecular formula is C18H16N2O3. The molecule has 3 rings (SSSR count). The van der Waals surface area contributed by atoms with Gasteiger partial charge in [0.2, 0.25) is 0 Å². The summed E-state index contributed by atoms with van der Waals surface area (Å²) in [5.74, 6) is -0.538. The maximum Gasteiger partial charge on any atom is 0.319 e. The first-order chi connectivity index (χ1) is 11.0. The van der Waals surface area contributed by atoms with Crippen molar-refractivity contribution in [2.45, 2.75) is 19.9 Å². The third kappa shape index (κ3) is 2.73. The molecule has 2 N–H and O–H groups in total. The van der Waals surface area contributed by atoms with Crippen molar-refractivity contribution in [3.8, 4) is 0 Å². The molecule has 2 aromatic rings. The Morgan fingerprint density at radius 3 is 2.43 bits per heavy atom. The second-order valence-electron chi connectivity index (χ2n) is 5.55. The molecule has 0 saturated carbocycles. The number of hydrogen-bond acceptors (Lipinski definition) is 3. The van der Waals surface area contributed by atoms with E-state index in [4.69, 9.17) is 0 Å². The highest BCUT2D eigenvalue weighted by Crippen LogP contribution is 2.21. The number of allylic oxidation sites excluding steroid dienone is 1. The number of hydrogen-bond donors (Lipinski definition) is 2. The van der Waals surface area contributed by atoms with E-state index in [1.807, 2.05) is 30.3 Å². The van der Waals surface area contributed by atoms with E-state index in [2.05, 4.69) is 10.6 Å². The Labute approximate surface area is 133 Å². The van der Waals surface area contributed by atoms with Crippen LogP contribution in [0.25, 0.3) is 10.8 Å². The molecule has 116 valence electrons. The van der Waals surface area contributed by atoms with E-state index >= 15 is 0 Å². The summed E-state index contributed by atoms with van der Waals surface area (Å²) in [5.41, 5.74) is 1.17. The van der Waals surface area contributed by atoms with Crippen LogP contribution in [0.5, 0.6) is 0 Å². The van der Waals surface area contributed by atoms with Crippen molar-refractivity contribution in [1.82, 2.24) is 10.6 Å². The van der Waals surface area contributed by atoms with E-state index in [1.54, 1.807) is 19.1 Å². The maximum absolute atomic E-state index is 12.8. The number of nitrogens with one attached hydrogen (secondary N) is 2. The molecule has 2 amide bonds. The van der Waals surface area contributed by atoms with Gasteiger partial charge in [-0.2, -0.15) is 0 Å². The van der Waals surface area contributed by atoms with E-state index in [-0.39, 0.29) is 11.6 Å². The molecule has 0 fully saturated rings. The van der Waals surface area contributed by atoms with E-state index < -0.39 is 12.1 Å². The molecule has 5 nitrogen and oxygen atoms in total. The Morgan fingerprint density at radius 2 is 1.74 bits per heavy atom. The second-order valence-corrected chi connectivity index (χ2v) is 5.55. The van der Waals surface area contributed by atoms with Gasteiger partial charge in [0.25, 0.3) is 0 Å². The maximum atomic E-state index is 12.8. The van der Waals surface area contributed by atoms with Crippen LogP contribution in [0.4, 0.5) is 4.79 Å². The Hall–Kier alpha value is -2.95. The van der Waals surface area contributed by atoms with Crippen LogP contribution in [0.15, 0.2) is 53.7 Å². The summed E-state index contributed by atoms with van der Waals surface area (Å²) in [6.45, 7) is 3.01. The largest absolute Gasteiger partial charge is 0.323 e. The molecule has 1 aliphatic heterocycles. The highest BCUT2D eigenvalue weighted by atomic mass is 16.2. The number of carbonyl (C=O) groups excluding carboxylic acids is 3. The molecule has 5 heteroatoms. The lowest BCUT2D eigenvalue weighted by molar-refractivity contribution is -0.113. The Balaban J connectivity index is 2.04. The molecular weight excluding hydrogens is 292 g/mol. The molecule has 1 aliphatic rings. The summed E-state index contributed by atoms with van der Waals surface area (Å²) in [6.07, 6.45) is 0. The third-order valence-electron chi connectivity index (χ3n) is 3.94. The van der Waals surface area contributed by atoms with Gasteiger partial charge in [0.15, 0.2) is 11.6 Å². The molecule has 2 aromatic carbocycles. The summed E-state index contributed by atoms with van der Waals surface area (Å²) in [4.78, 5) is 36.4. The molecule has 0 spiro atoms. The van der Waals surface area contributed by atoms with Crippen molar-refractivity contribution in [3.05, 3.63) is 59.3 Å². The van der Waals surface area contributed by atoms with E-state index in [0.29, 0.717) is 16.8 Å². The molecule has 0 saturated heterocycles. The van der Waals surface area contributed by atoms with Crippen LogP contribution in [-0.4, -0.2) is 23.6 Å². The molecule has 23 heavy (non-hydrogen) atoms. The van der Waals surface area contributed by atoms with Crippen LogP contribution in [-0.2, 0) is 4.79 Å². The van der Waals surface area contributed by atoms with Gasteiger partial charge in [-0.25, -0.2) is 4.79 Å². The number of ketones is 2. The molecule has 1 atom stereocenters. The van der Waals surface area contributed by atoms with Crippen LogP contribution in [0.3, 0.4) is 0 Å². The Morgan fingerprint density at radius 1 is 1.04 bits per heavy atom. The number of carbonyl (C=O) groups is 3. The van der Waals surface area contributed by atoms with Gasteiger partial charge in [0, 0.05) is 16.8 Å². The molecule has 1 unspecified atom stereocenters. The van der Waals surface area contributed by atoms with Crippen molar-refractivity contribution < 1.29 is 14.4 Å². The number of urea groups is 1. The van der Waals surface area contributed by atoms with Gasteiger partial charge in [0.05, 0.1) is 0 Å².